The predicted molar refractivity (Wildman–Crippen MR) is 125 cm³/mol. The van der Waals surface area contributed by atoms with Gasteiger partial charge in [0.25, 0.3) is 10.0 Å². The molecule has 0 saturated carbocycles. The molecular formula is C24H29N3O5S. The number of nitrogens with one attached hydrogen (secondary N) is 2. The van der Waals surface area contributed by atoms with E-state index in [0.29, 0.717) is 0 Å². The third-order valence-electron chi connectivity index (χ3n) is 5.33. The highest BCUT2D eigenvalue weighted by Crippen LogP contribution is 2.24. The highest BCUT2D eigenvalue weighted by Gasteiger charge is 2.37. The van der Waals surface area contributed by atoms with E-state index in [1.807, 2.05) is 39.0 Å². The van der Waals surface area contributed by atoms with E-state index in [-0.39, 0.29) is 24.0 Å². The van der Waals surface area contributed by atoms with Gasteiger partial charge in [-0.15, -0.1) is 0 Å². The van der Waals surface area contributed by atoms with E-state index in [1.54, 1.807) is 19.1 Å². The zero-order valence-electron chi connectivity index (χ0n) is 19.2. The summed E-state index contributed by atoms with van der Waals surface area (Å²) in [5, 5.41) is 5.27. The fraction of sp³-hybridized carbons (Fsp3) is 0.333. The molecule has 8 nitrogen and oxygen atoms in total. The molecule has 33 heavy (non-hydrogen) atoms. The van der Waals surface area contributed by atoms with Crippen molar-refractivity contribution >= 4 is 21.8 Å². The predicted octanol–water partition coefficient (Wildman–Crippen LogP) is 2.55. The first-order valence-electron chi connectivity index (χ1n) is 10.6. The minimum Gasteiger partial charge on any atom is -0.491 e. The summed E-state index contributed by atoms with van der Waals surface area (Å²) in [5.74, 6) is -0.249. The second-order valence-electron chi connectivity index (χ2n) is 8.19. The number of amides is 2. The van der Waals surface area contributed by atoms with Crippen LogP contribution in [0, 0.1) is 20.8 Å². The molecule has 1 heterocycles. The van der Waals surface area contributed by atoms with E-state index in [4.69, 9.17) is 4.74 Å². The largest absolute Gasteiger partial charge is 0.491 e. The number of carbonyl (C=O) groups excluding carboxylic acids is 2. The van der Waals surface area contributed by atoms with Crippen molar-refractivity contribution in [3.63, 3.8) is 0 Å². The minimum atomic E-state index is -4.01. The molecule has 176 valence electrons. The highest BCUT2D eigenvalue weighted by atomic mass is 32.2. The molecule has 0 bridgehead atoms. The summed E-state index contributed by atoms with van der Waals surface area (Å²) >= 11 is 0. The Labute approximate surface area is 194 Å². The normalized spacial score (nSPS) is 16.8. The Bertz CT molecular complexity index is 1140. The molecule has 3 rings (SSSR count). The van der Waals surface area contributed by atoms with Crippen molar-refractivity contribution in [3.8, 4) is 5.75 Å². The van der Waals surface area contributed by atoms with Gasteiger partial charge in [0, 0.05) is 12.4 Å². The van der Waals surface area contributed by atoms with Gasteiger partial charge in [0.1, 0.15) is 18.4 Å². The van der Waals surface area contributed by atoms with Crippen LogP contribution in [0.2, 0.25) is 0 Å². The van der Waals surface area contributed by atoms with Crippen LogP contribution in [0.3, 0.4) is 0 Å². The average Bonchev–Trinajstić information content (AvgIpc) is 2.75. The lowest BCUT2D eigenvalue weighted by atomic mass is 10.1. The summed E-state index contributed by atoms with van der Waals surface area (Å²) in [4.78, 5) is 25.2. The van der Waals surface area contributed by atoms with Crippen molar-refractivity contribution in [2.45, 2.75) is 51.1 Å². The summed E-state index contributed by atoms with van der Waals surface area (Å²) in [6.45, 7) is 7.77. The third kappa shape index (κ3) is 5.73. The maximum absolute atomic E-state index is 13.1. The Hall–Kier alpha value is -3.33. The van der Waals surface area contributed by atoms with Crippen LogP contribution in [0.25, 0.3) is 0 Å². The van der Waals surface area contributed by atoms with E-state index < -0.39 is 27.9 Å². The quantitative estimate of drug-likeness (QED) is 0.616. The second-order valence-corrected chi connectivity index (χ2v) is 10.0. The van der Waals surface area contributed by atoms with Gasteiger partial charge >= 0.3 is 0 Å². The molecular weight excluding hydrogens is 442 g/mol. The molecule has 2 N–H and O–H groups in total. The fourth-order valence-electron chi connectivity index (χ4n) is 3.56. The summed E-state index contributed by atoms with van der Waals surface area (Å²) < 4.78 is 33.1. The van der Waals surface area contributed by atoms with E-state index in [0.717, 1.165) is 26.7 Å². The van der Waals surface area contributed by atoms with Gasteiger partial charge < -0.3 is 15.4 Å². The first kappa shape index (κ1) is 24.3. The van der Waals surface area contributed by atoms with Crippen LogP contribution in [0.15, 0.2) is 59.8 Å². The van der Waals surface area contributed by atoms with Gasteiger partial charge in [-0.3, -0.25) is 13.9 Å². The van der Waals surface area contributed by atoms with E-state index >= 15 is 0 Å². The van der Waals surface area contributed by atoms with Gasteiger partial charge in [0.2, 0.25) is 11.8 Å². The van der Waals surface area contributed by atoms with Crippen LogP contribution in [-0.2, 0) is 19.6 Å². The molecule has 1 aliphatic rings. The number of sulfonamides is 1. The van der Waals surface area contributed by atoms with Crippen LogP contribution in [-0.4, -0.2) is 43.2 Å². The topological polar surface area (TPSA) is 105 Å². The fourth-order valence-corrected chi connectivity index (χ4v) is 5.01. The molecule has 2 atom stereocenters. The van der Waals surface area contributed by atoms with Gasteiger partial charge in [-0.1, -0.05) is 35.9 Å². The molecule has 0 aliphatic carbocycles. The maximum Gasteiger partial charge on any atom is 0.264 e. The molecule has 9 heteroatoms. The molecule has 2 aromatic rings. The van der Waals surface area contributed by atoms with Crippen LogP contribution in [0.5, 0.6) is 5.75 Å². The third-order valence-corrected chi connectivity index (χ3v) is 7.13. The molecule has 2 aromatic carbocycles. The number of para-hydroxylation sites is 1. The zero-order valence-corrected chi connectivity index (χ0v) is 20.0. The zero-order chi connectivity index (χ0) is 24.2. The van der Waals surface area contributed by atoms with Crippen molar-refractivity contribution in [2.75, 3.05) is 6.61 Å². The molecule has 1 aliphatic heterocycles. The van der Waals surface area contributed by atoms with Crippen LogP contribution >= 0.6 is 0 Å². The highest BCUT2D eigenvalue weighted by molar-refractivity contribution is 7.89. The van der Waals surface area contributed by atoms with E-state index in [9.17, 15) is 18.0 Å². The Morgan fingerprint density at radius 1 is 1.12 bits per heavy atom. The number of hydrogen-bond donors (Lipinski definition) is 2. The lowest BCUT2D eigenvalue weighted by molar-refractivity contribution is -0.129. The minimum absolute atomic E-state index is 0.0493. The van der Waals surface area contributed by atoms with Crippen LogP contribution in [0.1, 0.15) is 30.0 Å². The summed E-state index contributed by atoms with van der Waals surface area (Å²) in [6, 6.07) is 10.6. The number of carbonyl (C=O) groups is 2. The van der Waals surface area contributed by atoms with Gasteiger partial charge in [0.05, 0.1) is 17.4 Å². The van der Waals surface area contributed by atoms with E-state index in [1.165, 1.54) is 24.5 Å². The molecule has 0 unspecified atom stereocenters. The second kappa shape index (κ2) is 10.1. The summed E-state index contributed by atoms with van der Waals surface area (Å²) in [5.41, 5.74) is 2.90. The van der Waals surface area contributed by atoms with Crippen LogP contribution in [0.4, 0.5) is 0 Å². The van der Waals surface area contributed by atoms with Gasteiger partial charge in [-0.05, 0) is 51.0 Å². The maximum atomic E-state index is 13.1. The Kier molecular flexibility index (Phi) is 7.43. The average molecular weight is 472 g/mol. The smallest absolute Gasteiger partial charge is 0.264 e. The van der Waals surface area contributed by atoms with Gasteiger partial charge in [0.15, 0.2) is 0 Å². The number of ether oxygens (including phenoxy) is 1. The Morgan fingerprint density at radius 3 is 2.39 bits per heavy atom. The van der Waals surface area contributed by atoms with Crippen molar-refractivity contribution in [2.24, 2.45) is 0 Å². The summed E-state index contributed by atoms with van der Waals surface area (Å²) in [7, 11) is -4.01. The number of rotatable bonds is 8. The molecule has 0 spiro atoms. The monoisotopic (exact) mass is 471 g/mol. The molecule has 0 saturated heterocycles. The van der Waals surface area contributed by atoms with Crippen LogP contribution < -0.4 is 15.4 Å². The van der Waals surface area contributed by atoms with Crippen molar-refractivity contribution in [1.29, 1.82) is 0 Å². The Balaban J connectivity index is 1.67. The van der Waals surface area contributed by atoms with Gasteiger partial charge in [-0.2, -0.15) is 0 Å². The first-order chi connectivity index (χ1) is 15.6. The lowest BCUT2D eigenvalue weighted by Gasteiger charge is -2.31. The van der Waals surface area contributed by atoms with Gasteiger partial charge in [-0.25, -0.2) is 8.42 Å². The molecule has 0 aromatic heterocycles. The number of aryl methyl sites for hydroxylation is 3. The first-order valence-corrected chi connectivity index (χ1v) is 12.1. The number of nitrogens with zero attached hydrogens (tertiary/aromatic N) is 1. The standard InChI is InChI=1S/C24H29N3O5S/c1-16-8-10-20(11-9-16)33(30,31)27-13-12-25-24(29)21(27)14-22(28)26-19(4)15-32-23-17(2)6-5-7-18(23)3/h5-13,19,21H,14-15H2,1-4H3,(H,25,29)(H,26,28)/t19-,21-/m1/s1. The van der Waals surface area contributed by atoms with Crippen molar-refractivity contribution < 1.29 is 22.7 Å². The Morgan fingerprint density at radius 2 is 1.76 bits per heavy atom. The summed E-state index contributed by atoms with van der Waals surface area (Å²) in [6.07, 6.45) is 2.19. The lowest BCUT2D eigenvalue weighted by Crippen LogP contribution is -2.51. The molecule has 2 amide bonds. The van der Waals surface area contributed by atoms with E-state index in [2.05, 4.69) is 10.6 Å². The molecule has 0 fully saturated rings. The van der Waals surface area contributed by atoms with Crippen molar-refractivity contribution in [1.82, 2.24) is 14.9 Å². The number of benzene rings is 2. The number of hydrogen-bond acceptors (Lipinski definition) is 5. The molecule has 0 radical (unpaired) electrons. The SMILES string of the molecule is Cc1ccc(S(=O)(=O)N2C=CNC(=O)[C@H]2CC(=O)N[C@H](C)COc2c(C)cccc2C)cc1. The van der Waals surface area contributed by atoms with Crippen molar-refractivity contribution in [3.05, 3.63) is 71.6 Å².